The van der Waals surface area contributed by atoms with Gasteiger partial charge in [0, 0.05) is 10.4 Å². The van der Waals surface area contributed by atoms with Crippen LogP contribution in [0.4, 0.5) is 5.00 Å². The molecule has 1 amide bonds. The summed E-state index contributed by atoms with van der Waals surface area (Å²) < 4.78 is 5.04. The SMILES string of the molecule is COC(=O)c1c(NC(=O)[C@@H]2[C@H](C(=O)O)[C@H]3C=C[C@H]2C3)sc(C)c1-c1ccc(C)cc1C. The number of carbonyl (C=O) groups excluding carboxylic acids is 2. The average molecular weight is 440 g/mol. The van der Waals surface area contributed by atoms with Crippen LogP contribution in [-0.2, 0) is 14.3 Å². The number of carbonyl (C=O) groups is 3. The molecule has 6 nitrogen and oxygen atoms in total. The first-order valence-corrected chi connectivity index (χ1v) is 11.1. The highest BCUT2D eigenvalue weighted by molar-refractivity contribution is 7.17. The molecule has 4 rings (SSSR count). The zero-order chi connectivity index (χ0) is 22.4. The topological polar surface area (TPSA) is 92.7 Å². The van der Waals surface area contributed by atoms with Gasteiger partial charge in [0.15, 0.2) is 0 Å². The number of nitrogens with one attached hydrogen (secondary N) is 1. The van der Waals surface area contributed by atoms with E-state index in [-0.39, 0.29) is 17.7 Å². The fourth-order valence-corrected chi connectivity index (χ4v) is 6.12. The van der Waals surface area contributed by atoms with E-state index in [4.69, 9.17) is 4.74 Å². The summed E-state index contributed by atoms with van der Waals surface area (Å²) in [5.41, 5.74) is 4.11. The van der Waals surface area contributed by atoms with Crippen LogP contribution >= 0.6 is 11.3 Å². The molecule has 1 heterocycles. The number of methoxy groups -OCH3 is 1. The van der Waals surface area contributed by atoms with Crippen molar-refractivity contribution in [3.8, 4) is 11.1 Å². The molecule has 4 atom stereocenters. The van der Waals surface area contributed by atoms with Crippen LogP contribution in [0.25, 0.3) is 11.1 Å². The van der Waals surface area contributed by atoms with Crippen LogP contribution in [0.5, 0.6) is 0 Å². The molecule has 0 radical (unpaired) electrons. The summed E-state index contributed by atoms with van der Waals surface area (Å²) in [5, 5.41) is 12.9. The highest BCUT2D eigenvalue weighted by atomic mass is 32.1. The minimum atomic E-state index is -0.955. The lowest BCUT2D eigenvalue weighted by Crippen LogP contribution is -2.36. The molecular weight excluding hydrogens is 414 g/mol. The fraction of sp³-hybridized carbons (Fsp3) is 0.375. The molecule has 162 valence electrons. The van der Waals surface area contributed by atoms with Crippen molar-refractivity contribution in [1.29, 1.82) is 0 Å². The van der Waals surface area contributed by atoms with E-state index in [1.807, 2.05) is 51.1 Å². The van der Waals surface area contributed by atoms with Crippen molar-refractivity contribution in [2.24, 2.45) is 23.7 Å². The zero-order valence-corrected chi connectivity index (χ0v) is 18.7. The Bertz CT molecular complexity index is 1120. The molecular formula is C24H25NO5S. The summed E-state index contributed by atoms with van der Waals surface area (Å²) in [6, 6.07) is 6.00. The van der Waals surface area contributed by atoms with Gasteiger partial charge in [0.1, 0.15) is 10.6 Å². The highest BCUT2D eigenvalue weighted by Gasteiger charge is 2.51. The number of allylic oxidation sites excluding steroid dienone is 2. The number of esters is 1. The van der Waals surface area contributed by atoms with E-state index in [0.29, 0.717) is 17.0 Å². The van der Waals surface area contributed by atoms with Crippen molar-refractivity contribution in [3.63, 3.8) is 0 Å². The maximum absolute atomic E-state index is 13.2. The van der Waals surface area contributed by atoms with Crippen LogP contribution in [0.1, 0.15) is 32.8 Å². The van der Waals surface area contributed by atoms with Crippen LogP contribution in [0, 0.1) is 44.4 Å². The molecule has 1 aromatic carbocycles. The van der Waals surface area contributed by atoms with Crippen LogP contribution in [0.3, 0.4) is 0 Å². The van der Waals surface area contributed by atoms with Crippen LogP contribution in [0.2, 0.25) is 0 Å². The zero-order valence-electron chi connectivity index (χ0n) is 17.9. The first-order chi connectivity index (χ1) is 14.7. The number of fused-ring (bicyclic) bond motifs is 2. The molecule has 7 heteroatoms. The van der Waals surface area contributed by atoms with E-state index in [2.05, 4.69) is 5.32 Å². The maximum Gasteiger partial charge on any atom is 0.341 e. The summed E-state index contributed by atoms with van der Waals surface area (Å²) in [7, 11) is 1.31. The monoisotopic (exact) mass is 439 g/mol. The number of ether oxygens (including phenoxy) is 1. The van der Waals surface area contributed by atoms with E-state index in [9.17, 15) is 19.5 Å². The minimum absolute atomic E-state index is 0.0902. The van der Waals surface area contributed by atoms with Gasteiger partial charge >= 0.3 is 11.9 Å². The van der Waals surface area contributed by atoms with Crippen molar-refractivity contribution in [2.45, 2.75) is 27.2 Å². The number of rotatable bonds is 5. The Labute approximate surface area is 184 Å². The lowest BCUT2D eigenvalue weighted by atomic mass is 9.82. The number of thiophene rings is 1. The molecule has 2 N–H and O–H groups in total. The lowest BCUT2D eigenvalue weighted by Gasteiger charge is -2.23. The Morgan fingerprint density at radius 3 is 2.39 bits per heavy atom. The van der Waals surface area contributed by atoms with Crippen molar-refractivity contribution in [1.82, 2.24) is 0 Å². The van der Waals surface area contributed by atoms with Crippen LogP contribution in [-0.4, -0.2) is 30.1 Å². The maximum atomic E-state index is 13.2. The van der Waals surface area contributed by atoms with Crippen LogP contribution < -0.4 is 5.32 Å². The molecule has 31 heavy (non-hydrogen) atoms. The summed E-state index contributed by atoms with van der Waals surface area (Å²) in [6.07, 6.45) is 4.52. The molecule has 0 spiro atoms. The second-order valence-corrected chi connectivity index (χ2v) is 9.60. The van der Waals surface area contributed by atoms with Crippen molar-refractivity contribution < 1.29 is 24.2 Å². The predicted molar refractivity (Wildman–Crippen MR) is 119 cm³/mol. The van der Waals surface area contributed by atoms with Gasteiger partial charge in [0.05, 0.1) is 18.9 Å². The number of anilines is 1. The van der Waals surface area contributed by atoms with E-state index in [0.717, 1.165) is 27.1 Å². The quantitative estimate of drug-likeness (QED) is 0.525. The summed E-state index contributed by atoms with van der Waals surface area (Å²) in [6.45, 7) is 5.90. The number of carboxylic acids is 1. The minimum Gasteiger partial charge on any atom is -0.481 e. The lowest BCUT2D eigenvalue weighted by molar-refractivity contribution is -0.146. The average Bonchev–Trinajstić information content (AvgIpc) is 3.40. The molecule has 2 aromatic rings. The molecule has 2 aliphatic rings. The van der Waals surface area contributed by atoms with Gasteiger partial charge in [-0.25, -0.2) is 4.79 Å². The number of hydrogen-bond donors (Lipinski definition) is 2. The molecule has 0 aliphatic heterocycles. The summed E-state index contributed by atoms with van der Waals surface area (Å²) in [4.78, 5) is 38.6. The second kappa shape index (κ2) is 7.96. The predicted octanol–water partition coefficient (Wildman–Crippen LogP) is 4.59. The van der Waals surface area contributed by atoms with Gasteiger partial charge in [-0.2, -0.15) is 0 Å². The molecule has 2 bridgehead atoms. The fourth-order valence-electron chi connectivity index (χ4n) is 5.06. The number of aryl methyl sites for hydroxylation is 3. The smallest absolute Gasteiger partial charge is 0.341 e. The third kappa shape index (κ3) is 3.57. The molecule has 0 unspecified atom stereocenters. The molecule has 1 fully saturated rings. The Hall–Kier alpha value is -2.93. The van der Waals surface area contributed by atoms with E-state index in [1.165, 1.54) is 18.4 Å². The van der Waals surface area contributed by atoms with E-state index < -0.39 is 23.8 Å². The number of aliphatic carboxylic acids is 1. The van der Waals surface area contributed by atoms with Crippen LogP contribution in [0.15, 0.2) is 30.4 Å². The van der Waals surface area contributed by atoms with Crippen molar-refractivity contribution in [2.75, 3.05) is 12.4 Å². The number of amides is 1. The molecule has 2 aliphatic carbocycles. The Morgan fingerprint density at radius 1 is 1.10 bits per heavy atom. The third-order valence-electron chi connectivity index (χ3n) is 6.41. The Morgan fingerprint density at radius 2 is 1.77 bits per heavy atom. The number of carboxylic acid groups (broad SMARTS) is 1. The van der Waals surface area contributed by atoms with Gasteiger partial charge in [0.25, 0.3) is 0 Å². The van der Waals surface area contributed by atoms with Crippen molar-refractivity contribution in [3.05, 3.63) is 51.9 Å². The Kier molecular flexibility index (Phi) is 5.47. The van der Waals surface area contributed by atoms with Gasteiger partial charge in [0.2, 0.25) is 5.91 Å². The second-order valence-electron chi connectivity index (χ2n) is 8.37. The van der Waals surface area contributed by atoms with Gasteiger partial charge in [-0.1, -0.05) is 35.9 Å². The van der Waals surface area contributed by atoms with Gasteiger partial charge in [-0.3, -0.25) is 9.59 Å². The number of hydrogen-bond acceptors (Lipinski definition) is 5. The van der Waals surface area contributed by atoms with E-state index in [1.54, 1.807) is 0 Å². The third-order valence-corrected chi connectivity index (χ3v) is 7.43. The number of benzene rings is 1. The molecule has 1 aromatic heterocycles. The van der Waals surface area contributed by atoms with Gasteiger partial charge in [-0.05, 0) is 50.2 Å². The first kappa shape index (κ1) is 21.3. The summed E-state index contributed by atoms with van der Waals surface area (Å²) in [5.74, 6) is -3.44. The largest absolute Gasteiger partial charge is 0.481 e. The standard InChI is InChI=1S/C24H25NO5S/c1-11-5-8-16(12(2)9-11)17-13(3)31-22(20(17)24(29)30-4)25-21(26)18-14-6-7-15(10-14)19(18)23(27)28/h5-9,14-15,18-19H,10H2,1-4H3,(H,25,26)(H,27,28)/t14-,15-,18-,19+/m0/s1. The normalized spacial score (nSPS) is 23.7. The van der Waals surface area contributed by atoms with E-state index >= 15 is 0 Å². The summed E-state index contributed by atoms with van der Waals surface area (Å²) >= 11 is 1.31. The van der Waals surface area contributed by atoms with Crippen molar-refractivity contribution >= 4 is 34.2 Å². The van der Waals surface area contributed by atoms with Gasteiger partial charge < -0.3 is 15.2 Å². The first-order valence-electron chi connectivity index (χ1n) is 10.2. The van der Waals surface area contributed by atoms with Gasteiger partial charge in [-0.15, -0.1) is 11.3 Å². The highest BCUT2D eigenvalue weighted by Crippen LogP contribution is 2.49. The Balaban J connectivity index is 1.74. The molecule has 0 saturated heterocycles. The molecule has 1 saturated carbocycles.